The number of ether oxygens (including phenoxy) is 1. The van der Waals surface area contributed by atoms with E-state index in [0.717, 1.165) is 19.3 Å². The van der Waals surface area contributed by atoms with E-state index in [1.165, 1.54) is 0 Å². The van der Waals surface area contributed by atoms with E-state index >= 15 is 0 Å². The van der Waals surface area contributed by atoms with E-state index in [0.29, 0.717) is 12.2 Å². The Bertz CT molecular complexity index is 199. The molecule has 3 heteroatoms. The molecule has 0 aromatic rings. The first-order valence-corrected chi connectivity index (χ1v) is 4.38. The smallest absolute Gasteiger partial charge is 0.335 e. The molecule has 0 aliphatic heterocycles. The van der Waals surface area contributed by atoms with Crippen LogP contribution in [0.5, 0.6) is 0 Å². The maximum Gasteiger partial charge on any atom is 0.335 e. The molecule has 1 unspecified atom stereocenters. The first kappa shape index (κ1) is 9.26. The van der Waals surface area contributed by atoms with Crippen molar-refractivity contribution in [2.75, 3.05) is 6.61 Å². The molecule has 1 aliphatic carbocycles. The van der Waals surface area contributed by atoms with Crippen LogP contribution in [0.2, 0.25) is 0 Å². The van der Waals surface area contributed by atoms with Crippen LogP contribution in [0.15, 0.2) is 11.6 Å². The first-order valence-electron chi connectivity index (χ1n) is 4.38. The SMILES string of the molecule is CCOC(=O)C1=CCCCC1N. The van der Waals surface area contributed by atoms with Gasteiger partial charge in [-0.15, -0.1) is 0 Å². The summed E-state index contributed by atoms with van der Waals surface area (Å²) in [6, 6.07) is -0.113. The van der Waals surface area contributed by atoms with Gasteiger partial charge in [0.05, 0.1) is 6.61 Å². The van der Waals surface area contributed by atoms with E-state index in [1.54, 1.807) is 6.92 Å². The molecule has 0 saturated heterocycles. The molecule has 0 saturated carbocycles. The van der Waals surface area contributed by atoms with Crippen molar-refractivity contribution in [2.45, 2.75) is 32.2 Å². The molecule has 0 radical (unpaired) electrons. The lowest BCUT2D eigenvalue weighted by atomic mass is 9.95. The van der Waals surface area contributed by atoms with Gasteiger partial charge in [0.1, 0.15) is 0 Å². The number of rotatable bonds is 2. The molecule has 1 atom stereocenters. The minimum Gasteiger partial charge on any atom is -0.463 e. The summed E-state index contributed by atoms with van der Waals surface area (Å²) in [4.78, 5) is 11.2. The fraction of sp³-hybridized carbons (Fsp3) is 0.667. The van der Waals surface area contributed by atoms with Crippen molar-refractivity contribution >= 4 is 5.97 Å². The molecule has 0 heterocycles. The van der Waals surface area contributed by atoms with Gasteiger partial charge in [-0.2, -0.15) is 0 Å². The third kappa shape index (κ3) is 2.08. The number of allylic oxidation sites excluding steroid dienone is 1. The summed E-state index contributed by atoms with van der Waals surface area (Å²) in [5.74, 6) is -0.246. The molecule has 3 nitrogen and oxygen atoms in total. The molecular weight excluding hydrogens is 154 g/mol. The number of hydrogen-bond donors (Lipinski definition) is 1. The third-order valence-corrected chi connectivity index (χ3v) is 1.99. The molecule has 12 heavy (non-hydrogen) atoms. The molecule has 0 bridgehead atoms. The number of esters is 1. The van der Waals surface area contributed by atoms with Crippen molar-refractivity contribution in [3.8, 4) is 0 Å². The van der Waals surface area contributed by atoms with Crippen molar-refractivity contribution in [1.82, 2.24) is 0 Å². The van der Waals surface area contributed by atoms with Gasteiger partial charge in [0.25, 0.3) is 0 Å². The molecule has 2 N–H and O–H groups in total. The standard InChI is InChI=1S/C9H15NO2/c1-2-12-9(11)7-5-3-4-6-8(7)10/h5,8H,2-4,6,10H2,1H3. The van der Waals surface area contributed by atoms with Crippen LogP contribution >= 0.6 is 0 Å². The van der Waals surface area contributed by atoms with E-state index in [2.05, 4.69) is 0 Å². The summed E-state index contributed by atoms with van der Waals surface area (Å²) >= 11 is 0. The molecular formula is C9H15NO2. The summed E-state index contributed by atoms with van der Waals surface area (Å²) in [7, 11) is 0. The van der Waals surface area contributed by atoms with Gasteiger partial charge in [-0.05, 0) is 26.2 Å². The van der Waals surface area contributed by atoms with Crippen molar-refractivity contribution in [3.63, 3.8) is 0 Å². The zero-order valence-electron chi connectivity index (χ0n) is 7.38. The van der Waals surface area contributed by atoms with Crippen molar-refractivity contribution in [1.29, 1.82) is 0 Å². The van der Waals surface area contributed by atoms with E-state index < -0.39 is 0 Å². The number of carbonyl (C=O) groups excluding carboxylic acids is 1. The Labute approximate surface area is 72.6 Å². The van der Waals surface area contributed by atoms with Crippen LogP contribution in [0.1, 0.15) is 26.2 Å². The minimum absolute atomic E-state index is 0.113. The zero-order valence-corrected chi connectivity index (χ0v) is 7.38. The fourth-order valence-corrected chi connectivity index (χ4v) is 1.35. The largest absolute Gasteiger partial charge is 0.463 e. The Morgan fingerprint density at radius 3 is 3.17 bits per heavy atom. The van der Waals surface area contributed by atoms with E-state index in [4.69, 9.17) is 10.5 Å². The predicted octanol–water partition coefficient (Wildman–Crippen LogP) is 0.987. The van der Waals surface area contributed by atoms with Crippen molar-refractivity contribution < 1.29 is 9.53 Å². The normalized spacial score (nSPS) is 23.2. The van der Waals surface area contributed by atoms with Gasteiger partial charge in [0.15, 0.2) is 0 Å². The number of carbonyl (C=O) groups is 1. The fourth-order valence-electron chi connectivity index (χ4n) is 1.35. The van der Waals surface area contributed by atoms with E-state index in [1.807, 2.05) is 6.08 Å². The van der Waals surface area contributed by atoms with Crippen molar-refractivity contribution in [2.24, 2.45) is 5.73 Å². The molecule has 0 aromatic heterocycles. The second-order valence-corrected chi connectivity index (χ2v) is 2.92. The van der Waals surface area contributed by atoms with Gasteiger partial charge in [-0.3, -0.25) is 0 Å². The summed E-state index contributed by atoms with van der Waals surface area (Å²) < 4.78 is 4.86. The van der Waals surface area contributed by atoms with Gasteiger partial charge >= 0.3 is 5.97 Å². The summed E-state index contributed by atoms with van der Waals surface area (Å²) in [6.45, 7) is 2.22. The van der Waals surface area contributed by atoms with Crippen molar-refractivity contribution in [3.05, 3.63) is 11.6 Å². The van der Waals surface area contributed by atoms with Gasteiger partial charge in [0.2, 0.25) is 0 Å². The molecule has 1 rings (SSSR count). The lowest BCUT2D eigenvalue weighted by Crippen LogP contribution is -2.30. The highest BCUT2D eigenvalue weighted by Crippen LogP contribution is 2.17. The molecule has 0 aromatic carbocycles. The quantitative estimate of drug-likeness (QED) is 0.627. The van der Waals surface area contributed by atoms with E-state index in [-0.39, 0.29) is 12.0 Å². The Balaban J connectivity index is 2.59. The maximum atomic E-state index is 11.2. The van der Waals surface area contributed by atoms with Crippen LogP contribution in [0.25, 0.3) is 0 Å². The minimum atomic E-state index is -0.246. The molecule has 0 amide bonds. The van der Waals surface area contributed by atoms with E-state index in [9.17, 15) is 4.79 Å². The maximum absolute atomic E-state index is 11.2. The topological polar surface area (TPSA) is 52.3 Å². The molecule has 1 aliphatic rings. The van der Waals surface area contributed by atoms with Crippen LogP contribution in [0.4, 0.5) is 0 Å². The molecule has 68 valence electrons. The Hall–Kier alpha value is -0.830. The predicted molar refractivity (Wildman–Crippen MR) is 46.5 cm³/mol. The summed E-state index contributed by atoms with van der Waals surface area (Å²) in [5, 5.41) is 0. The average molecular weight is 169 g/mol. The highest BCUT2D eigenvalue weighted by atomic mass is 16.5. The molecule has 0 fully saturated rings. The van der Waals surface area contributed by atoms with Gasteiger partial charge < -0.3 is 10.5 Å². The van der Waals surface area contributed by atoms with Gasteiger partial charge in [-0.25, -0.2) is 4.79 Å². The second kappa shape index (κ2) is 4.26. The summed E-state index contributed by atoms with van der Waals surface area (Å²) in [6.07, 6.45) is 4.81. The zero-order chi connectivity index (χ0) is 8.97. The Kier molecular flexibility index (Phi) is 3.29. The third-order valence-electron chi connectivity index (χ3n) is 1.99. The van der Waals surface area contributed by atoms with Crippen LogP contribution in [-0.4, -0.2) is 18.6 Å². The lowest BCUT2D eigenvalue weighted by molar-refractivity contribution is -0.138. The van der Waals surface area contributed by atoms with Crippen LogP contribution in [0, 0.1) is 0 Å². The van der Waals surface area contributed by atoms with Gasteiger partial charge in [-0.1, -0.05) is 6.08 Å². The lowest BCUT2D eigenvalue weighted by Gasteiger charge is -2.18. The summed E-state index contributed by atoms with van der Waals surface area (Å²) in [5.41, 5.74) is 6.40. The van der Waals surface area contributed by atoms with Crippen LogP contribution < -0.4 is 5.73 Å². The highest BCUT2D eigenvalue weighted by molar-refractivity contribution is 5.89. The average Bonchev–Trinajstić information content (AvgIpc) is 2.05. The molecule has 0 spiro atoms. The number of nitrogens with two attached hydrogens (primary N) is 1. The Morgan fingerprint density at radius 2 is 2.58 bits per heavy atom. The van der Waals surface area contributed by atoms with Gasteiger partial charge in [0, 0.05) is 11.6 Å². The monoisotopic (exact) mass is 169 g/mol. The number of hydrogen-bond acceptors (Lipinski definition) is 3. The Morgan fingerprint density at radius 1 is 1.83 bits per heavy atom. The first-order chi connectivity index (χ1) is 5.75. The van der Waals surface area contributed by atoms with Crippen LogP contribution in [-0.2, 0) is 9.53 Å². The van der Waals surface area contributed by atoms with Crippen LogP contribution in [0.3, 0.4) is 0 Å². The second-order valence-electron chi connectivity index (χ2n) is 2.92. The highest BCUT2D eigenvalue weighted by Gasteiger charge is 2.20.